The molecule has 0 saturated heterocycles. The van der Waals surface area contributed by atoms with E-state index in [2.05, 4.69) is 19.2 Å². The summed E-state index contributed by atoms with van der Waals surface area (Å²) in [5.74, 6) is -0.580. The first-order chi connectivity index (χ1) is 19.3. The molecule has 0 unspecified atom stereocenters. The van der Waals surface area contributed by atoms with Crippen LogP contribution in [0.15, 0.2) is 59.0 Å². The standard InChI is InChI=1S/C31H38F3N5O2/c1-29(2)17-30(18-29,26(36)11-6-12-38(3)20-35)23-9-5-10-24(14-23)37-28(41)25-13-21(16-40)15-39(19-31(32,33)34)27(25)22-7-4-8-22/h5,9-10,13-16,20,35-36H,4,6-8,11-12,17-19H2,1-3H3,(H,37,41). The number of nitrogens with zero attached hydrogens (tertiary/aromatic N) is 2. The minimum atomic E-state index is -4.52. The zero-order valence-electron chi connectivity index (χ0n) is 23.8. The molecule has 0 aromatic heterocycles. The molecule has 0 bridgehead atoms. The molecule has 1 aromatic carbocycles. The van der Waals surface area contributed by atoms with Crippen LogP contribution in [0, 0.1) is 16.2 Å². The molecule has 1 aromatic rings. The largest absolute Gasteiger partial charge is 0.406 e. The zero-order valence-corrected chi connectivity index (χ0v) is 23.8. The second-order valence-corrected chi connectivity index (χ2v) is 12.2. The maximum absolute atomic E-state index is 13.6. The Morgan fingerprint density at radius 1 is 1.22 bits per heavy atom. The Labute approximate surface area is 239 Å². The second kappa shape index (κ2) is 11.7. The highest BCUT2D eigenvalue weighted by molar-refractivity contribution is 6.08. The number of rotatable bonds is 11. The third-order valence-electron chi connectivity index (χ3n) is 8.15. The first-order valence-corrected chi connectivity index (χ1v) is 13.9. The highest BCUT2D eigenvalue weighted by Gasteiger charge is 2.52. The van der Waals surface area contributed by atoms with Crippen molar-refractivity contribution in [1.82, 2.24) is 9.80 Å². The van der Waals surface area contributed by atoms with E-state index >= 15 is 0 Å². The summed E-state index contributed by atoms with van der Waals surface area (Å²) >= 11 is 0. The fraction of sp³-hybridized carbons (Fsp3) is 0.484. The van der Waals surface area contributed by atoms with E-state index in [-0.39, 0.29) is 22.3 Å². The number of allylic oxidation sites excluding steroid dienone is 3. The molecule has 220 valence electrons. The van der Waals surface area contributed by atoms with Gasteiger partial charge in [0.25, 0.3) is 5.91 Å². The summed E-state index contributed by atoms with van der Waals surface area (Å²) in [5.41, 5.74) is 2.65. The van der Waals surface area contributed by atoms with Crippen LogP contribution in [0.5, 0.6) is 0 Å². The number of hydrogen-bond donors (Lipinski definition) is 3. The minimum Gasteiger partial charge on any atom is -0.366 e. The fourth-order valence-corrected chi connectivity index (χ4v) is 6.29. The lowest BCUT2D eigenvalue weighted by molar-refractivity contribution is -0.137. The van der Waals surface area contributed by atoms with Crippen molar-refractivity contribution in [2.75, 3.05) is 25.5 Å². The van der Waals surface area contributed by atoms with E-state index in [0.29, 0.717) is 43.5 Å². The van der Waals surface area contributed by atoms with Gasteiger partial charge in [0, 0.05) is 42.2 Å². The molecule has 10 heteroatoms. The molecule has 0 spiro atoms. The van der Waals surface area contributed by atoms with Gasteiger partial charge >= 0.3 is 6.18 Å². The predicted octanol–water partition coefficient (Wildman–Crippen LogP) is 6.35. The highest BCUT2D eigenvalue weighted by atomic mass is 19.4. The number of amides is 1. The van der Waals surface area contributed by atoms with Gasteiger partial charge in [-0.25, -0.2) is 0 Å². The average Bonchev–Trinajstić information content (AvgIpc) is 2.85. The summed E-state index contributed by atoms with van der Waals surface area (Å²) in [6.45, 7) is 3.72. The number of benzene rings is 1. The van der Waals surface area contributed by atoms with Crippen molar-refractivity contribution < 1.29 is 22.8 Å². The van der Waals surface area contributed by atoms with Gasteiger partial charge in [0.15, 0.2) is 6.29 Å². The second-order valence-electron chi connectivity index (χ2n) is 12.2. The summed E-state index contributed by atoms with van der Waals surface area (Å²) in [5, 5.41) is 19.2. The Bertz CT molecular complexity index is 1310. The first-order valence-electron chi connectivity index (χ1n) is 13.9. The van der Waals surface area contributed by atoms with Gasteiger partial charge in [-0.2, -0.15) is 13.2 Å². The lowest BCUT2D eigenvalue weighted by atomic mass is 9.49. The van der Waals surface area contributed by atoms with E-state index in [9.17, 15) is 22.8 Å². The summed E-state index contributed by atoms with van der Waals surface area (Å²) in [4.78, 5) is 27.9. The van der Waals surface area contributed by atoms with Crippen LogP contribution in [-0.4, -0.2) is 60.4 Å². The maximum atomic E-state index is 13.6. The number of anilines is 1. The molecule has 1 amide bonds. The van der Waals surface area contributed by atoms with Crippen LogP contribution < -0.4 is 5.32 Å². The van der Waals surface area contributed by atoms with E-state index in [4.69, 9.17) is 10.8 Å². The number of hydrogen-bond acceptors (Lipinski definition) is 5. The topological polar surface area (TPSA) is 100 Å². The molecule has 41 heavy (non-hydrogen) atoms. The van der Waals surface area contributed by atoms with Crippen molar-refractivity contribution in [2.24, 2.45) is 5.41 Å². The van der Waals surface area contributed by atoms with Gasteiger partial charge in [-0.3, -0.25) is 15.0 Å². The molecule has 3 aliphatic rings. The van der Waals surface area contributed by atoms with Crippen molar-refractivity contribution in [3.05, 3.63) is 64.5 Å². The number of carbonyl (C=O) groups is 2. The lowest BCUT2D eigenvalue weighted by Crippen LogP contribution is -2.52. The van der Waals surface area contributed by atoms with Gasteiger partial charge in [-0.05, 0) is 79.7 Å². The molecule has 1 aliphatic heterocycles. The quantitative estimate of drug-likeness (QED) is 0.164. The number of halogens is 3. The van der Waals surface area contributed by atoms with Gasteiger partial charge in [0.1, 0.15) is 6.54 Å². The van der Waals surface area contributed by atoms with Crippen molar-refractivity contribution >= 4 is 29.9 Å². The monoisotopic (exact) mass is 569 g/mol. The molecular formula is C31H38F3N5O2. The molecular weight excluding hydrogens is 531 g/mol. The number of aldehydes is 1. The Morgan fingerprint density at radius 3 is 2.49 bits per heavy atom. The zero-order chi connectivity index (χ0) is 30.0. The van der Waals surface area contributed by atoms with Crippen LogP contribution >= 0.6 is 0 Å². The molecule has 2 aliphatic carbocycles. The normalized spacial score (nSPS) is 19.3. The molecule has 0 radical (unpaired) electrons. The smallest absolute Gasteiger partial charge is 0.366 e. The first kappa shape index (κ1) is 30.3. The van der Waals surface area contributed by atoms with Crippen LogP contribution in [-0.2, 0) is 15.0 Å². The van der Waals surface area contributed by atoms with Gasteiger partial charge in [0.2, 0.25) is 0 Å². The van der Waals surface area contributed by atoms with Crippen molar-refractivity contribution in [3.63, 3.8) is 0 Å². The highest BCUT2D eigenvalue weighted by Crippen LogP contribution is 2.56. The molecule has 0 atom stereocenters. The molecule has 4 rings (SSSR count). The van der Waals surface area contributed by atoms with E-state index in [0.717, 1.165) is 47.9 Å². The summed E-state index contributed by atoms with van der Waals surface area (Å²) in [6, 6.07) is 7.37. The van der Waals surface area contributed by atoms with Crippen LogP contribution in [0.25, 0.3) is 0 Å². The molecule has 7 nitrogen and oxygen atoms in total. The van der Waals surface area contributed by atoms with Gasteiger partial charge < -0.3 is 20.5 Å². The summed E-state index contributed by atoms with van der Waals surface area (Å²) in [7, 11) is 1.83. The Kier molecular flexibility index (Phi) is 8.61. The van der Waals surface area contributed by atoms with E-state index < -0.39 is 24.0 Å². The predicted molar refractivity (Wildman–Crippen MR) is 154 cm³/mol. The summed E-state index contributed by atoms with van der Waals surface area (Å²) < 4.78 is 40.3. The third kappa shape index (κ3) is 6.80. The van der Waals surface area contributed by atoms with Crippen LogP contribution in [0.3, 0.4) is 0 Å². The SMILES string of the molecule is CN(C=N)CCCC(=N)C1(c2cccc(NC(=O)C3=CC(C=O)=CN(CC(F)(F)F)C3=C3CCC3)c2)CC(C)(C)C1. The van der Waals surface area contributed by atoms with Crippen molar-refractivity contribution in [1.29, 1.82) is 10.8 Å². The fourth-order valence-electron chi connectivity index (χ4n) is 6.29. The number of nitrogens with one attached hydrogen (secondary N) is 3. The van der Waals surface area contributed by atoms with Crippen LogP contribution in [0.1, 0.15) is 64.4 Å². The maximum Gasteiger partial charge on any atom is 0.406 e. The van der Waals surface area contributed by atoms with Crippen molar-refractivity contribution in [2.45, 2.75) is 70.4 Å². The van der Waals surface area contributed by atoms with E-state index in [1.54, 1.807) is 11.0 Å². The number of carbonyl (C=O) groups excluding carboxylic acids is 2. The molecule has 2 saturated carbocycles. The van der Waals surface area contributed by atoms with Gasteiger partial charge in [-0.15, -0.1) is 0 Å². The third-order valence-corrected chi connectivity index (χ3v) is 8.15. The van der Waals surface area contributed by atoms with Crippen LogP contribution in [0.4, 0.5) is 18.9 Å². The lowest BCUT2D eigenvalue weighted by Gasteiger charge is -2.54. The minimum absolute atomic E-state index is 0.00501. The average molecular weight is 570 g/mol. The number of alkyl halides is 3. The van der Waals surface area contributed by atoms with Crippen molar-refractivity contribution in [3.8, 4) is 0 Å². The van der Waals surface area contributed by atoms with E-state index in [1.807, 2.05) is 25.2 Å². The Morgan fingerprint density at radius 2 is 1.93 bits per heavy atom. The van der Waals surface area contributed by atoms with Crippen LogP contribution in [0.2, 0.25) is 0 Å². The van der Waals surface area contributed by atoms with Gasteiger partial charge in [-0.1, -0.05) is 26.0 Å². The Hall–Kier alpha value is -3.69. The molecule has 3 N–H and O–H groups in total. The Balaban J connectivity index is 1.59. The molecule has 1 heterocycles. The van der Waals surface area contributed by atoms with E-state index in [1.165, 1.54) is 12.4 Å². The van der Waals surface area contributed by atoms with Gasteiger partial charge in [0.05, 0.1) is 17.6 Å². The summed E-state index contributed by atoms with van der Waals surface area (Å²) in [6.07, 6.45) is 4.67. The molecule has 2 fully saturated rings.